The van der Waals surface area contributed by atoms with Gasteiger partial charge in [-0.3, -0.25) is 0 Å². The van der Waals surface area contributed by atoms with Gasteiger partial charge in [0, 0.05) is 32.9 Å². The molecule has 138 valence electrons. The van der Waals surface area contributed by atoms with Crippen LogP contribution in [-0.4, -0.2) is 43.2 Å². The lowest BCUT2D eigenvalue weighted by atomic mass is 10.1. The summed E-state index contributed by atoms with van der Waals surface area (Å²) in [6, 6.07) is 5.63. The molecule has 0 atom stereocenters. The Bertz CT molecular complexity index is 778. The van der Waals surface area contributed by atoms with Crippen molar-refractivity contribution < 1.29 is 4.79 Å². The number of carbonyl (C=O) groups excluding carboxylic acids is 1. The smallest absolute Gasteiger partial charge is 0.323 e. The zero-order chi connectivity index (χ0) is 18.7. The summed E-state index contributed by atoms with van der Waals surface area (Å²) in [5, 5.41) is 5.74. The monoisotopic (exact) mass is 354 g/mol. The normalized spacial score (nSPS) is 13.6. The standard InChI is InChI=1S/C19H26N6O/c1-13-9-14(2)11-15(10-13)21-19(26)22-16-12-20-18(23-17(16)24(3)4)25-7-5-6-8-25/h9-12H,5-8H2,1-4H3,(H2,21,22,26). The maximum absolute atomic E-state index is 12.4. The molecule has 0 saturated carbocycles. The molecule has 0 aliphatic carbocycles. The van der Waals surface area contributed by atoms with E-state index in [-0.39, 0.29) is 6.03 Å². The zero-order valence-electron chi connectivity index (χ0n) is 15.8. The van der Waals surface area contributed by atoms with Gasteiger partial charge in [0.05, 0.1) is 6.20 Å². The van der Waals surface area contributed by atoms with Gasteiger partial charge in [-0.1, -0.05) is 6.07 Å². The van der Waals surface area contributed by atoms with Crippen molar-refractivity contribution in [1.29, 1.82) is 0 Å². The Kier molecular flexibility index (Phi) is 5.25. The van der Waals surface area contributed by atoms with Crippen molar-refractivity contribution in [3.8, 4) is 0 Å². The number of nitrogens with zero attached hydrogens (tertiary/aromatic N) is 4. The number of carbonyl (C=O) groups is 1. The first-order valence-corrected chi connectivity index (χ1v) is 8.88. The molecule has 1 fully saturated rings. The fraction of sp³-hybridized carbons (Fsp3) is 0.421. The Morgan fingerprint density at radius 2 is 1.73 bits per heavy atom. The molecule has 2 N–H and O–H groups in total. The number of amides is 2. The van der Waals surface area contributed by atoms with E-state index < -0.39 is 0 Å². The highest BCUT2D eigenvalue weighted by molar-refractivity contribution is 6.01. The summed E-state index contributed by atoms with van der Waals surface area (Å²) in [4.78, 5) is 25.5. The number of nitrogens with one attached hydrogen (secondary N) is 2. The highest BCUT2D eigenvalue weighted by atomic mass is 16.2. The third kappa shape index (κ3) is 4.22. The summed E-state index contributed by atoms with van der Waals surface area (Å²) in [7, 11) is 3.81. The molecule has 0 unspecified atom stereocenters. The summed E-state index contributed by atoms with van der Waals surface area (Å²) in [6.45, 7) is 5.97. The molecule has 2 aromatic rings. The molecule has 26 heavy (non-hydrogen) atoms. The van der Waals surface area contributed by atoms with Crippen molar-refractivity contribution in [2.24, 2.45) is 0 Å². The Morgan fingerprint density at radius 1 is 1.08 bits per heavy atom. The second-order valence-corrected chi connectivity index (χ2v) is 6.95. The van der Waals surface area contributed by atoms with Crippen LogP contribution in [-0.2, 0) is 0 Å². The van der Waals surface area contributed by atoms with Gasteiger partial charge in [0.15, 0.2) is 5.82 Å². The van der Waals surface area contributed by atoms with Crippen molar-refractivity contribution in [1.82, 2.24) is 9.97 Å². The number of aryl methyl sites for hydroxylation is 2. The van der Waals surface area contributed by atoms with Crippen LogP contribution in [0.25, 0.3) is 0 Å². The van der Waals surface area contributed by atoms with E-state index in [9.17, 15) is 4.79 Å². The highest BCUT2D eigenvalue weighted by Crippen LogP contribution is 2.25. The Morgan fingerprint density at radius 3 is 2.35 bits per heavy atom. The van der Waals surface area contributed by atoms with Gasteiger partial charge < -0.3 is 20.4 Å². The van der Waals surface area contributed by atoms with Crippen LogP contribution in [0.4, 0.5) is 27.9 Å². The topological polar surface area (TPSA) is 73.4 Å². The van der Waals surface area contributed by atoms with E-state index in [2.05, 4.69) is 31.6 Å². The molecule has 0 radical (unpaired) electrons. The van der Waals surface area contributed by atoms with Crippen molar-refractivity contribution in [2.75, 3.05) is 47.6 Å². The van der Waals surface area contributed by atoms with Crippen LogP contribution in [0, 0.1) is 13.8 Å². The molecule has 1 saturated heterocycles. The lowest BCUT2D eigenvalue weighted by Crippen LogP contribution is -2.25. The maximum Gasteiger partial charge on any atom is 0.323 e. The summed E-state index contributed by atoms with van der Waals surface area (Å²) >= 11 is 0. The van der Waals surface area contributed by atoms with Gasteiger partial charge in [0.2, 0.25) is 5.95 Å². The quantitative estimate of drug-likeness (QED) is 0.880. The average Bonchev–Trinajstić information content (AvgIpc) is 3.08. The van der Waals surface area contributed by atoms with Gasteiger partial charge >= 0.3 is 6.03 Å². The molecule has 3 rings (SSSR count). The third-order valence-corrected chi connectivity index (χ3v) is 4.30. The van der Waals surface area contributed by atoms with Gasteiger partial charge in [-0.05, 0) is 49.9 Å². The molecular formula is C19H26N6O. The van der Waals surface area contributed by atoms with E-state index in [0.29, 0.717) is 17.5 Å². The first-order chi connectivity index (χ1) is 12.4. The number of aromatic nitrogens is 2. The molecule has 1 aromatic carbocycles. The number of hydrogen-bond acceptors (Lipinski definition) is 5. The fourth-order valence-electron chi connectivity index (χ4n) is 3.19. The molecule has 0 spiro atoms. The van der Waals surface area contributed by atoms with Gasteiger partial charge in [-0.2, -0.15) is 4.98 Å². The minimum Gasteiger partial charge on any atom is -0.361 e. The van der Waals surface area contributed by atoms with E-state index in [1.807, 2.05) is 45.0 Å². The van der Waals surface area contributed by atoms with E-state index in [4.69, 9.17) is 0 Å². The van der Waals surface area contributed by atoms with Gasteiger partial charge in [-0.25, -0.2) is 9.78 Å². The molecule has 7 heteroatoms. The SMILES string of the molecule is Cc1cc(C)cc(NC(=O)Nc2cnc(N3CCCC3)nc2N(C)C)c1. The lowest BCUT2D eigenvalue weighted by Gasteiger charge is -2.21. The van der Waals surface area contributed by atoms with Crippen LogP contribution in [0.5, 0.6) is 0 Å². The van der Waals surface area contributed by atoms with E-state index in [0.717, 1.165) is 29.9 Å². The second-order valence-electron chi connectivity index (χ2n) is 6.95. The highest BCUT2D eigenvalue weighted by Gasteiger charge is 2.18. The van der Waals surface area contributed by atoms with Gasteiger partial charge in [-0.15, -0.1) is 0 Å². The zero-order valence-corrected chi connectivity index (χ0v) is 15.8. The Balaban J connectivity index is 1.76. The predicted molar refractivity (Wildman–Crippen MR) is 106 cm³/mol. The fourth-order valence-corrected chi connectivity index (χ4v) is 3.19. The number of benzene rings is 1. The Hall–Kier alpha value is -2.83. The van der Waals surface area contributed by atoms with E-state index >= 15 is 0 Å². The average molecular weight is 354 g/mol. The molecule has 2 heterocycles. The minimum atomic E-state index is -0.310. The van der Waals surface area contributed by atoms with Crippen LogP contribution in [0.15, 0.2) is 24.4 Å². The van der Waals surface area contributed by atoms with Gasteiger partial charge in [0.1, 0.15) is 5.69 Å². The van der Waals surface area contributed by atoms with Crippen molar-refractivity contribution >= 4 is 29.2 Å². The van der Waals surface area contributed by atoms with Gasteiger partial charge in [0.25, 0.3) is 0 Å². The second kappa shape index (κ2) is 7.59. The number of hydrogen-bond donors (Lipinski definition) is 2. The molecular weight excluding hydrogens is 328 g/mol. The van der Waals surface area contributed by atoms with Crippen LogP contribution >= 0.6 is 0 Å². The number of anilines is 4. The molecule has 0 bridgehead atoms. The number of rotatable bonds is 4. The summed E-state index contributed by atoms with van der Waals surface area (Å²) < 4.78 is 0. The minimum absolute atomic E-state index is 0.310. The lowest BCUT2D eigenvalue weighted by molar-refractivity contribution is 0.262. The predicted octanol–water partition coefficient (Wildman–Crippen LogP) is 3.40. The summed E-state index contributed by atoms with van der Waals surface area (Å²) in [6.07, 6.45) is 4.01. The van der Waals surface area contributed by atoms with Crippen LogP contribution in [0.1, 0.15) is 24.0 Å². The first kappa shape index (κ1) is 18.0. The summed E-state index contributed by atoms with van der Waals surface area (Å²) in [5.74, 6) is 1.41. The maximum atomic E-state index is 12.4. The largest absolute Gasteiger partial charge is 0.361 e. The molecule has 1 aromatic heterocycles. The van der Waals surface area contributed by atoms with Crippen LogP contribution in [0.3, 0.4) is 0 Å². The van der Waals surface area contributed by atoms with Crippen LogP contribution in [0.2, 0.25) is 0 Å². The first-order valence-electron chi connectivity index (χ1n) is 8.88. The molecule has 7 nitrogen and oxygen atoms in total. The molecule has 1 aliphatic rings. The van der Waals surface area contributed by atoms with E-state index in [1.54, 1.807) is 6.20 Å². The van der Waals surface area contributed by atoms with Crippen molar-refractivity contribution in [3.05, 3.63) is 35.5 Å². The number of urea groups is 1. The van der Waals surface area contributed by atoms with Crippen molar-refractivity contribution in [3.63, 3.8) is 0 Å². The molecule has 2 amide bonds. The Labute approximate surface area is 154 Å². The third-order valence-electron chi connectivity index (χ3n) is 4.30. The van der Waals surface area contributed by atoms with Crippen molar-refractivity contribution in [2.45, 2.75) is 26.7 Å². The van der Waals surface area contributed by atoms with Crippen LogP contribution < -0.4 is 20.4 Å². The molecule has 1 aliphatic heterocycles. The summed E-state index contributed by atoms with van der Waals surface area (Å²) in [5.41, 5.74) is 3.56. The van der Waals surface area contributed by atoms with E-state index in [1.165, 1.54) is 12.8 Å².